The Hall–Kier alpha value is -2.71. The molecule has 0 aliphatic heterocycles. The number of phosphoric ester groups is 1. The maximum absolute atomic E-state index is 14.6. The minimum absolute atomic E-state index is 0.563. The molecule has 4 nitrogen and oxygen atoms in total. The van der Waals surface area contributed by atoms with Gasteiger partial charge in [0.05, 0.1) is 0 Å². The lowest BCUT2D eigenvalue weighted by atomic mass is 10.1. The van der Waals surface area contributed by atoms with E-state index in [-0.39, 0.29) is 0 Å². The standard InChI is InChI=1S/C36H51O4P/c1-4-7-10-13-22-31-25-16-19-28-34(31)38-41(37,39-35-29-20-17-26-32(35)23-14-11-8-5-2)40-36-30-21-18-27-33(36)24-15-12-9-6-3/h16-21,25-30H,4-15,22-24H2,1-3H3. The first kappa shape index (κ1) is 32.8. The highest BCUT2D eigenvalue weighted by Gasteiger charge is 2.35. The van der Waals surface area contributed by atoms with Crippen molar-refractivity contribution in [2.24, 2.45) is 0 Å². The molecule has 0 saturated carbocycles. The van der Waals surface area contributed by atoms with Crippen molar-refractivity contribution in [1.29, 1.82) is 0 Å². The fourth-order valence-corrected chi connectivity index (χ4v) is 6.41. The highest BCUT2D eigenvalue weighted by Crippen LogP contribution is 2.52. The minimum Gasteiger partial charge on any atom is -0.386 e. The van der Waals surface area contributed by atoms with Crippen LogP contribution < -0.4 is 13.6 Å². The summed E-state index contributed by atoms with van der Waals surface area (Å²) < 4.78 is 33.6. The number of hydrogen-bond donors (Lipinski definition) is 0. The van der Waals surface area contributed by atoms with Crippen LogP contribution in [0.5, 0.6) is 17.2 Å². The largest absolute Gasteiger partial charge is 0.647 e. The van der Waals surface area contributed by atoms with Crippen molar-refractivity contribution in [3.63, 3.8) is 0 Å². The molecule has 3 rings (SSSR count). The summed E-state index contributed by atoms with van der Waals surface area (Å²) in [6.45, 7) is 6.64. The molecule has 0 radical (unpaired) electrons. The van der Waals surface area contributed by atoms with Crippen molar-refractivity contribution < 1.29 is 18.1 Å². The summed E-state index contributed by atoms with van der Waals surface area (Å²) in [6, 6.07) is 23.5. The summed E-state index contributed by atoms with van der Waals surface area (Å²) in [6.07, 6.45) is 16.4. The maximum atomic E-state index is 14.6. The van der Waals surface area contributed by atoms with Crippen LogP contribution in [-0.4, -0.2) is 0 Å². The Bertz CT molecular complexity index is 1050. The molecule has 0 bridgehead atoms. The van der Waals surface area contributed by atoms with Gasteiger partial charge in [-0.15, -0.1) is 0 Å². The van der Waals surface area contributed by atoms with E-state index in [9.17, 15) is 4.57 Å². The molecule has 0 aromatic heterocycles. The van der Waals surface area contributed by atoms with Gasteiger partial charge in [0.25, 0.3) is 0 Å². The Morgan fingerprint density at radius 2 is 0.732 bits per heavy atom. The van der Waals surface area contributed by atoms with Crippen molar-refractivity contribution in [1.82, 2.24) is 0 Å². The zero-order valence-electron chi connectivity index (χ0n) is 25.6. The zero-order chi connectivity index (χ0) is 29.2. The van der Waals surface area contributed by atoms with E-state index in [4.69, 9.17) is 13.6 Å². The van der Waals surface area contributed by atoms with Crippen LogP contribution >= 0.6 is 7.82 Å². The third-order valence-electron chi connectivity index (χ3n) is 7.45. The van der Waals surface area contributed by atoms with E-state index in [1.54, 1.807) is 0 Å². The van der Waals surface area contributed by atoms with Gasteiger partial charge in [-0.25, -0.2) is 0 Å². The average molecular weight is 579 g/mol. The highest BCUT2D eigenvalue weighted by atomic mass is 31.2. The van der Waals surface area contributed by atoms with E-state index in [2.05, 4.69) is 39.0 Å². The fraction of sp³-hybridized carbons (Fsp3) is 0.500. The molecule has 0 spiro atoms. The molecular weight excluding hydrogens is 527 g/mol. The fourth-order valence-electron chi connectivity index (χ4n) is 5.04. The first-order valence-corrected chi connectivity index (χ1v) is 17.5. The van der Waals surface area contributed by atoms with Crippen molar-refractivity contribution in [2.75, 3.05) is 0 Å². The molecule has 0 N–H and O–H groups in total. The first-order valence-electron chi connectivity index (χ1n) is 16.0. The number of rotatable bonds is 21. The summed E-state index contributed by atoms with van der Waals surface area (Å²) in [7, 11) is -4.10. The van der Waals surface area contributed by atoms with Crippen molar-refractivity contribution in [3.8, 4) is 17.2 Å². The number of aryl methyl sites for hydroxylation is 3. The third kappa shape index (κ3) is 11.6. The van der Waals surface area contributed by atoms with Gasteiger partial charge < -0.3 is 13.6 Å². The monoisotopic (exact) mass is 578 g/mol. The van der Waals surface area contributed by atoms with Crippen LogP contribution in [0.1, 0.15) is 115 Å². The van der Waals surface area contributed by atoms with Crippen molar-refractivity contribution in [3.05, 3.63) is 89.5 Å². The Morgan fingerprint density at radius 3 is 1.02 bits per heavy atom. The number of benzene rings is 3. The van der Waals surface area contributed by atoms with Gasteiger partial charge >= 0.3 is 7.82 Å². The van der Waals surface area contributed by atoms with Gasteiger partial charge in [-0.3, -0.25) is 0 Å². The third-order valence-corrected chi connectivity index (χ3v) is 8.71. The topological polar surface area (TPSA) is 44.8 Å². The molecule has 41 heavy (non-hydrogen) atoms. The number of unbranched alkanes of at least 4 members (excludes halogenated alkanes) is 9. The smallest absolute Gasteiger partial charge is 0.386 e. The number of para-hydroxylation sites is 3. The summed E-state index contributed by atoms with van der Waals surface area (Å²) >= 11 is 0. The van der Waals surface area contributed by atoms with E-state index in [1.165, 1.54) is 38.5 Å². The lowest BCUT2D eigenvalue weighted by Gasteiger charge is -2.23. The molecule has 224 valence electrons. The summed E-state index contributed by atoms with van der Waals surface area (Å²) in [5.74, 6) is 1.69. The molecule has 3 aromatic rings. The summed E-state index contributed by atoms with van der Waals surface area (Å²) in [5, 5.41) is 0. The van der Waals surface area contributed by atoms with Gasteiger partial charge in [0.15, 0.2) is 0 Å². The highest BCUT2D eigenvalue weighted by molar-refractivity contribution is 7.49. The van der Waals surface area contributed by atoms with Gasteiger partial charge in [0, 0.05) is 0 Å². The molecule has 5 heteroatoms. The van der Waals surface area contributed by atoms with E-state index >= 15 is 0 Å². The minimum atomic E-state index is -4.10. The quantitative estimate of drug-likeness (QED) is 0.0931. The molecule has 0 aliphatic rings. The Balaban J connectivity index is 1.90. The van der Waals surface area contributed by atoms with Gasteiger partial charge in [0.1, 0.15) is 17.2 Å². The molecule has 0 saturated heterocycles. The molecule has 3 aromatic carbocycles. The van der Waals surface area contributed by atoms with Crippen LogP contribution in [0.15, 0.2) is 72.8 Å². The molecule has 0 fully saturated rings. The predicted octanol–water partition coefficient (Wildman–Crippen LogP) is 11.7. The Morgan fingerprint density at radius 1 is 0.439 bits per heavy atom. The lowest BCUT2D eigenvalue weighted by Crippen LogP contribution is -2.10. The molecule has 0 heterocycles. The summed E-state index contributed by atoms with van der Waals surface area (Å²) in [5.41, 5.74) is 3.07. The Kier molecular flexibility index (Phi) is 14.9. The van der Waals surface area contributed by atoms with Crippen LogP contribution in [0.4, 0.5) is 0 Å². The molecule has 0 amide bonds. The Labute approximate surface area is 249 Å². The normalized spacial score (nSPS) is 11.4. The van der Waals surface area contributed by atoms with Crippen LogP contribution in [0.25, 0.3) is 0 Å². The van der Waals surface area contributed by atoms with Crippen LogP contribution in [0.2, 0.25) is 0 Å². The average Bonchev–Trinajstić information content (AvgIpc) is 2.98. The van der Waals surface area contributed by atoms with Gasteiger partial charge in [0.2, 0.25) is 0 Å². The zero-order valence-corrected chi connectivity index (χ0v) is 26.5. The van der Waals surface area contributed by atoms with Crippen molar-refractivity contribution in [2.45, 2.75) is 117 Å². The summed E-state index contributed by atoms with van der Waals surface area (Å²) in [4.78, 5) is 0. The van der Waals surface area contributed by atoms with E-state index in [0.29, 0.717) is 17.2 Å². The van der Waals surface area contributed by atoms with Crippen molar-refractivity contribution >= 4 is 7.82 Å². The predicted molar refractivity (Wildman–Crippen MR) is 172 cm³/mol. The molecule has 0 unspecified atom stereocenters. The SMILES string of the molecule is CCCCCCc1ccccc1OP(=O)(Oc1ccccc1CCCCCC)Oc1ccccc1CCCCCC. The van der Waals surface area contributed by atoms with Crippen LogP contribution in [-0.2, 0) is 23.8 Å². The molecule has 0 atom stereocenters. The van der Waals surface area contributed by atoms with Gasteiger partial charge in [-0.2, -0.15) is 4.57 Å². The maximum Gasteiger partial charge on any atom is 0.647 e. The number of phosphoric acid groups is 1. The van der Waals surface area contributed by atoms with Crippen LogP contribution in [0, 0.1) is 0 Å². The first-order chi connectivity index (χ1) is 20.1. The van der Waals surface area contributed by atoms with Gasteiger partial charge in [-0.1, -0.05) is 133 Å². The second-order valence-corrected chi connectivity index (χ2v) is 12.4. The molecular formula is C36H51O4P. The van der Waals surface area contributed by atoms with E-state index < -0.39 is 7.82 Å². The number of hydrogen-bond acceptors (Lipinski definition) is 4. The van der Waals surface area contributed by atoms with E-state index in [0.717, 1.165) is 74.5 Å². The second-order valence-electron chi connectivity index (χ2n) is 11.0. The van der Waals surface area contributed by atoms with Gasteiger partial charge in [-0.05, 0) is 73.4 Å². The second kappa shape index (κ2) is 18.7. The molecule has 0 aliphatic carbocycles. The van der Waals surface area contributed by atoms with Crippen LogP contribution in [0.3, 0.4) is 0 Å². The lowest BCUT2D eigenvalue weighted by molar-refractivity contribution is 0.295. The van der Waals surface area contributed by atoms with E-state index in [1.807, 2.05) is 54.6 Å².